The Morgan fingerprint density at radius 1 is 0.939 bits per heavy atom. The minimum atomic E-state index is -0.529. The molecular formula is C29H38ClNO2. The molecule has 178 valence electrons. The minimum Gasteiger partial charge on any atom is -0.389 e. The van der Waals surface area contributed by atoms with Crippen LogP contribution in [0.5, 0.6) is 0 Å². The zero-order chi connectivity index (χ0) is 22.4. The van der Waals surface area contributed by atoms with Crippen LogP contribution in [0.2, 0.25) is 0 Å². The summed E-state index contributed by atoms with van der Waals surface area (Å²) >= 11 is 0. The van der Waals surface area contributed by atoms with E-state index in [0.29, 0.717) is 19.1 Å². The van der Waals surface area contributed by atoms with Crippen LogP contribution in [0, 0.1) is 5.92 Å². The normalized spacial score (nSPS) is 16.5. The predicted molar refractivity (Wildman–Crippen MR) is 140 cm³/mol. The van der Waals surface area contributed by atoms with Crippen molar-refractivity contribution < 1.29 is 9.84 Å². The Morgan fingerprint density at radius 2 is 1.61 bits per heavy atom. The van der Waals surface area contributed by atoms with Crippen LogP contribution in [0.1, 0.15) is 56.8 Å². The Kier molecular flexibility index (Phi) is 9.34. The van der Waals surface area contributed by atoms with Gasteiger partial charge in [0.05, 0.1) is 18.8 Å². The maximum absolute atomic E-state index is 10.7. The van der Waals surface area contributed by atoms with Gasteiger partial charge in [-0.05, 0) is 60.9 Å². The number of hydrogen-bond donors (Lipinski definition) is 2. The molecule has 1 aliphatic rings. The molecule has 4 rings (SSSR count). The molecule has 0 saturated heterocycles. The Bertz CT molecular complexity index is 985. The Hall–Kier alpha value is -1.91. The zero-order valence-electron chi connectivity index (χ0n) is 19.9. The largest absolute Gasteiger partial charge is 0.389 e. The Morgan fingerprint density at radius 3 is 2.33 bits per heavy atom. The average molecular weight is 468 g/mol. The fourth-order valence-electron chi connectivity index (χ4n) is 5.00. The molecule has 0 spiro atoms. The van der Waals surface area contributed by atoms with Crippen LogP contribution in [-0.2, 0) is 11.2 Å². The lowest BCUT2D eigenvalue weighted by Crippen LogP contribution is -2.46. The van der Waals surface area contributed by atoms with E-state index in [1.54, 1.807) is 0 Å². The van der Waals surface area contributed by atoms with E-state index >= 15 is 0 Å². The number of aliphatic hydroxyl groups is 1. The summed E-state index contributed by atoms with van der Waals surface area (Å²) in [6.45, 7) is 5.27. The maximum atomic E-state index is 10.7. The third-order valence-electron chi connectivity index (χ3n) is 6.70. The first-order valence-electron chi connectivity index (χ1n) is 12.1. The van der Waals surface area contributed by atoms with Crippen LogP contribution in [0.25, 0.3) is 10.8 Å². The van der Waals surface area contributed by atoms with Crippen molar-refractivity contribution >= 4 is 23.2 Å². The van der Waals surface area contributed by atoms with E-state index in [9.17, 15) is 5.11 Å². The van der Waals surface area contributed by atoms with E-state index in [0.717, 1.165) is 6.42 Å². The number of benzene rings is 3. The summed E-state index contributed by atoms with van der Waals surface area (Å²) in [7, 11) is 0. The van der Waals surface area contributed by atoms with Crippen LogP contribution >= 0.6 is 12.4 Å². The fourth-order valence-corrected chi connectivity index (χ4v) is 5.00. The third-order valence-corrected chi connectivity index (χ3v) is 6.70. The lowest BCUT2D eigenvalue weighted by molar-refractivity contribution is -0.0363. The van der Waals surface area contributed by atoms with Gasteiger partial charge in [0.15, 0.2) is 0 Å². The number of nitrogens with one attached hydrogen (secondary N) is 1. The SMILES string of the molecule is CC(C)(Cc1ccc2ccccc2c1)NC[C@@H](O)COC(c1ccccc1)C1CCCC1.Cl. The Balaban J connectivity index is 0.00000306. The maximum Gasteiger partial charge on any atom is 0.0898 e. The molecule has 0 heterocycles. The summed E-state index contributed by atoms with van der Waals surface area (Å²) < 4.78 is 6.32. The van der Waals surface area contributed by atoms with E-state index in [4.69, 9.17) is 4.74 Å². The molecule has 4 heteroatoms. The monoisotopic (exact) mass is 467 g/mol. The van der Waals surface area contributed by atoms with Gasteiger partial charge in [-0.25, -0.2) is 0 Å². The van der Waals surface area contributed by atoms with E-state index in [1.165, 1.54) is 47.6 Å². The molecule has 3 aromatic carbocycles. The van der Waals surface area contributed by atoms with E-state index in [-0.39, 0.29) is 24.0 Å². The van der Waals surface area contributed by atoms with Crippen molar-refractivity contribution in [2.24, 2.45) is 5.92 Å². The van der Waals surface area contributed by atoms with Gasteiger partial charge >= 0.3 is 0 Å². The van der Waals surface area contributed by atoms with E-state index in [1.807, 2.05) is 6.07 Å². The second-order valence-electron chi connectivity index (χ2n) is 9.99. The van der Waals surface area contributed by atoms with E-state index < -0.39 is 6.10 Å². The molecule has 0 aliphatic heterocycles. The van der Waals surface area contributed by atoms with Crippen molar-refractivity contribution in [1.82, 2.24) is 5.32 Å². The van der Waals surface area contributed by atoms with Crippen LogP contribution in [0.15, 0.2) is 72.8 Å². The van der Waals surface area contributed by atoms with Gasteiger partial charge in [0.2, 0.25) is 0 Å². The summed E-state index contributed by atoms with van der Waals surface area (Å²) in [5.74, 6) is 0.557. The average Bonchev–Trinajstić information content (AvgIpc) is 3.33. The minimum absolute atomic E-state index is 0. The molecule has 3 nitrogen and oxygen atoms in total. The first kappa shape index (κ1) is 25.7. The summed E-state index contributed by atoms with van der Waals surface area (Å²) in [5, 5.41) is 16.8. The fraction of sp³-hybridized carbons (Fsp3) is 0.448. The molecule has 0 aromatic heterocycles. The number of rotatable bonds is 10. The smallest absolute Gasteiger partial charge is 0.0898 e. The highest BCUT2D eigenvalue weighted by Crippen LogP contribution is 2.38. The number of aliphatic hydroxyl groups excluding tert-OH is 1. The van der Waals surface area contributed by atoms with Crippen LogP contribution in [0.4, 0.5) is 0 Å². The third kappa shape index (κ3) is 7.28. The van der Waals surface area contributed by atoms with Gasteiger partial charge in [0.25, 0.3) is 0 Å². The first-order chi connectivity index (χ1) is 15.5. The standard InChI is InChI=1S/C29H37NO2.ClH/c1-29(2,19-22-16-17-23-10-6-9-15-26(23)18-22)30-20-27(31)21-32-28(25-13-7-8-14-25)24-11-4-3-5-12-24;/h3-6,9-12,15-18,25,27-28,30-31H,7-8,13-14,19-21H2,1-2H3;1H/t27-,28?;/m1./s1. The molecular weight excluding hydrogens is 430 g/mol. The molecule has 0 bridgehead atoms. The topological polar surface area (TPSA) is 41.5 Å². The molecule has 0 radical (unpaired) electrons. The zero-order valence-corrected chi connectivity index (χ0v) is 20.7. The lowest BCUT2D eigenvalue weighted by atomic mass is 9.93. The van der Waals surface area contributed by atoms with Crippen LogP contribution in [-0.4, -0.2) is 29.9 Å². The van der Waals surface area contributed by atoms with Crippen molar-refractivity contribution in [2.75, 3.05) is 13.2 Å². The van der Waals surface area contributed by atoms with Crippen molar-refractivity contribution in [3.63, 3.8) is 0 Å². The van der Waals surface area contributed by atoms with Gasteiger partial charge in [-0.3, -0.25) is 0 Å². The Labute approximate surface area is 205 Å². The van der Waals surface area contributed by atoms with Crippen molar-refractivity contribution in [2.45, 2.75) is 63.7 Å². The number of fused-ring (bicyclic) bond motifs is 1. The van der Waals surface area contributed by atoms with Crippen molar-refractivity contribution in [1.29, 1.82) is 0 Å². The quantitative estimate of drug-likeness (QED) is 0.358. The van der Waals surface area contributed by atoms with Gasteiger partial charge in [-0.15, -0.1) is 12.4 Å². The van der Waals surface area contributed by atoms with Crippen molar-refractivity contribution in [3.05, 3.63) is 83.9 Å². The second-order valence-corrected chi connectivity index (χ2v) is 9.99. The number of hydrogen-bond acceptors (Lipinski definition) is 3. The number of ether oxygens (including phenoxy) is 1. The molecule has 1 saturated carbocycles. The first-order valence-corrected chi connectivity index (χ1v) is 12.1. The van der Waals surface area contributed by atoms with Crippen LogP contribution in [0.3, 0.4) is 0 Å². The molecule has 3 aromatic rings. The highest BCUT2D eigenvalue weighted by Gasteiger charge is 2.28. The molecule has 1 aliphatic carbocycles. The highest BCUT2D eigenvalue weighted by atomic mass is 35.5. The van der Waals surface area contributed by atoms with E-state index in [2.05, 4.69) is 85.9 Å². The number of β-amino-alcohol motifs (C(OH)–C–C–N with tert-alkyl or cyclic N) is 1. The molecule has 1 fully saturated rings. The predicted octanol–water partition coefficient (Wildman–Crippen LogP) is 6.48. The second kappa shape index (κ2) is 12.0. The molecule has 33 heavy (non-hydrogen) atoms. The summed E-state index contributed by atoms with van der Waals surface area (Å²) in [6, 6.07) is 25.6. The molecule has 1 unspecified atom stereocenters. The van der Waals surface area contributed by atoms with Gasteiger partial charge in [-0.1, -0.05) is 85.6 Å². The summed E-state index contributed by atoms with van der Waals surface area (Å²) in [4.78, 5) is 0. The number of halogens is 1. The molecule has 2 N–H and O–H groups in total. The molecule has 0 amide bonds. The molecule has 2 atom stereocenters. The van der Waals surface area contributed by atoms with Gasteiger partial charge in [0, 0.05) is 12.1 Å². The summed E-state index contributed by atoms with van der Waals surface area (Å²) in [5.41, 5.74) is 2.42. The highest BCUT2D eigenvalue weighted by molar-refractivity contribution is 5.85. The van der Waals surface area contributed by atoms with Crippen LogP contribution < -0.4 is 5.32 Å². The summed E-state index contributed by atoms with van der Waals surface area (Å²) in [6.07, 6.45) is 5.45. The van der Waals surface area contributed by atoms with Crippen molar-refractivity contribution in [3.8, 4) is 0 Å². The van der Waals surface area contributed by atoms with Gasteiger partial charge < -0.3 is 15.2 Å². The van der Waals surface area contributed by atoms with Gasteiger partial charge in [0.1, 0.15) is 0 Å². The lowest BCUT2D eigenvalue weighted by Gasteiger charge is -2.29. The van der Waals surface area contributed by atoms with Gasteiger partial charge in [-0.2, -0.15) is 0 Å².